The molecule has 1 N–H and O–H groups in total. The molecule has 0 saturated carbocycles. The van der Waals surface area contributed by atoms with Gasteiger partial charge in [-0.15, -0.1) is 11.3 Å². The van der Waals surface area contributed by atoms with Crippen molar-refractivity contribution in [1.82, 2.24) is 9.88 Å². The molecule has 1 aromatic heterocycles. The van der Waals surface area contributed by atoms with Crippen molar-refractivity contribution in [3.8, 4) is 0 Å². The standard InChI is InChI=1S/C20H21N3O3S2/c1-28(25,26)16-8-6-15(7-9-16)20(24)23-12-10-22(11-13-23)14-19-21-17-4-2-3-5-18(17)27-19/h2-9H,10-14H2,1H3/p+1. The highest BCUT2D eigenvalue weighted by molar-refractivity contribution is 7.90. The molecule has 6 nitrogen and oxygen atoms in total. The minimum absolute atomic E-state index is 0.0425. The van der Waals surface area contributed by atoms with E-state index >= 15 is 0 Å². The fourth-order valence-electron chi connectivity index (χ4n) is 3.44. The van der Waals surface area contributed by atoms with Gasteiger partial charge in [0.25, 0.3) is 5.91 Å². The van der Waals surface area contributed by atoms with Gasteiger partial charge in [-0.1, -0.05) is 12.1 Å². The SMILES string of the molecule is CS(=O)(=O)c1ccc(C(=O)N2CC[NH+](Cc3nc4ccccc4s3)CC2)cc1. The lowest BCUT2D eigenvalue weighted by atomic mass is 10.2. The molecule has 0 bridgehead atoms. The fraction of sp³-hybridized carbons (Fsp3) is 0.300. The van der Waals surface area contributed by atoms with E-state index in [4.69, 9.17) is 4.98 Å². The van der Waals surface area contributed by atoms with Gasteiger partial charge in [0.15, 0.2) is 9.84 Å². The second-order valence-electron chi connectivity index (χ2n) is 7.09. The molecule has 0 radical (unpaired) electrons. The summed E-state index contributed by atoms with van der Waals surface area (Å²) < 4.78 is 24.3. The number of carbonyl (C=O) groups is 1. The fourth-order valence-corrected chi connectivity index (χ4v) is 5.11. The van der Waals surface area contributed by atoms with Crippen molar-refractivity contribution in [2.24, 2.45) is 0 Å². The van der Waals surface area contributed by atoms with Gasteiger partial charge in [0.1, 0.15) is 11.6 Å². The van der Waals surface area contributed by atoms with Crippen LogP contribution in [-0.4, -0.2) is 56.6 Å². The van der Waals surface area contributed by atoms with Crippen LogP contribution in [0.3, 0.4) is 0 Å². The average Bonchev–Trinajstić information content (AvgIpc) is 3.10. The molecule has 2 aromatic carbocycles. The summed E-state index contributed by atoms with van der Waals surface area (Å²) in [6.07, 6.45) is 1.16. The Bertz CT molecular complexity index is 1070. The summed E-state index contributed by atoms with van der Waals surface area (Å²) in [6, 6.07) is 14.4. The second kappa shape index (κ2) is 7.62. The van der Waals surface area contributed by atoms with Gasteiger partial charge >= 0.3 is 0 Å². The number of hydrogen-bond donors (Lipinski definition) is 1. The Kier molecular flexibility index (Phi) is 5.18. The number of sulfone groups is 1. The van der Waals surface area contributed by atoms with Crippen molar-refractivity contribution in [2.45, 2.75) is 11.4 Å². The predicted octanol–water partition coefficient (Wildman–Crippen LogP) is 1.24. The molecular formula is C20H22N3O3S2+. The number of nitrogens with one attached hydrogen (secondary N) is 1. The number of carbonyl (C=O) groups excluding carboxylic acids is 1. The first kappa shape index (κ1) is 19.0. The van der Waals surface area contributed by atoms with Crippen LogP contribution in [-0.2, 0) is 16.4 Å². The molecule has 0 aliphatic carbocycles. The molecule has 1 aliphatic rings. The molecular weight excluding hydrogens is 394 g/mol. The average molecular weight is 417 g/mol. The summed E-state index contributed by atoms with van der Waals surface area (Å²) >= 11 is 1.74. The van der Waals surface area contributed by atoms with Crippen molar-refractivity contribution in [3.63, 3.8) is 0 Å². The lowest BCUT2D eigenvalue weighted by Crippen LogP contribution is -3.13. The Morgan fingerprint density at radius 3 is 2.43 bits per heavy atom. The minimum Gasteiger partial charge on any atom is -0.327 e. The van der Waals surface area contributed by atoms with Crippen LogP contribution < -0.4 is 4.90 Å². The van der Waals surface area contributed by atoms with Crippen LogP contribution in [0.5, 0.6) is 0 Å². The first-order valence-electron chi connectivity index (χ1n) is 9.17. The third kappa shape index (κ3) is 4.09. The van der Waals surface area contributed by atoms with E-state index in [1.54, 1.807) is 23.5 Å². The maximum absolute atomic E-state index is 12.7. The number of thiazole rings is 1. The monoisotopic (exact) mass is 416 g/mol. The highest BCUT2D eigenvalue weighted by atomic mass is 32.2. The van der Waals surface area contributed by atoms with Crippen molar-refractivity contribution >= 4 is 37.3 Å². The number of aromatic nitrogens is 1. The second-order valence-corrected chi connectivity index (χ2v) is 10.2. The molecule has 28 heavy (non-hydrogen) atoms. The summed E-state index contributed by atoms with van der Waals surface area (Å²) in [6.45, 7) is 4.01. The van der Waals surface area contributed by atoms with Gasteiger partial charge in [-0.25, -0.2) is 13.4 Å². The molecule has 0 atom stereocenters. The summed E-state index contributed by atoms with van der Waals surface area (Å²) in [5, 5.41) is 1.13. The lowest BCUT2D eigenvalue weighted by Gasteiger charge is -2.31. The van der Waals surface area contributed by atoms with Crippen LogP contribution in [0.4, 0.5) is 0 Å². The number of benzene rings is 2. The Hall–Kier alpha value is -2.29. The summed E-state index contributed by atoms with van der Waals surface area (Å²) in [5.41, 5.74) is 1.58. The van der Waals surface area contributed by atoms with E-state index in [2.05, 4.69) is 6.07 Å². The first-order chi connectivity index (χ1) is 13.4. The molecule has 8 heteroatoms. The van der Waals surface area contributed by atoms with E-state index in [1.807, 2.05) is 23.1 Å². The number of nitrogens with zero attached hydrogens (tertiary/aromatic N) is 2. The van der Waals surface area contributed by atoms with Gasteiger partial charge < -0.3 is 9.80 Å². The number of para-hydroxylation sites is 1. The van der Waals surface area contributed by atoms with E-state index in [0.717, 1.165) is 36.4 Å². The number of fused-ring (bicyclic) bond motifs is 1. The van der Waals surface area contributed by atoms with Crippen LogP contribution in [0.2, 0.25) is 0 Å². The van der Waals surface area contributed by atoms with Crippen molar-refractivity contribution < 1.29 is 18.1 Å². The third-order valence-corrected chi connectivity index (χ3v) is 7.19. The van der Waals surface area contributed by atoms with Crippen LogP contribution in [0.15, 0.2) is 53.4 Å². The highest BCUT2D eigenvalue weighted by Crippen LogP contribution is 2.20. The minimum atomic E-state index is -3.25. The van der Waals surface area contributed by atoms with Crippen LogP contribution in [0.25, 0.3) is 10.2 Å². The Morgan fingerprint density at radius 2 is 1.79 bits per heavy atom. The van der Waals surface area contributed by atoms with E-state index in [-0.39, 0.29) is 10.8 Å². The number of quaternary nitrogens is 1. The summed E-state index contributed by atoms with van der Waals surface area (Å²) in [5.74, 6) is -0.0425. The number of amides is 1. The largest absolute Gasteiger partial charge is 0.327 e. The summed E-state index contributed by atoms with van der Waals surface area (Å²) in [4.78, 5) is 20.9. The lowest BCUT2D eigenvalue weighted by molar-refractivity contribution is -0.917. The van der Waals surface area contributed by atoms with Crippen molar-refractivity contribution in [3.05, 3.63) is 59.1 Å². The molecule has 1 amide bonds. The molecule has 4 rings (SSSR count). The van der Waals surface area contributed by atoms with Gasteiger partial charge in [-0.05, 0) is 36.4 Å². The summed E-state index contributed by atoms with van der Waals surface area (Å²) in [7, 11) is -3.25. The van der Waals surface area contributed by atoms with Gasteiger partial charge in [-0.3, -0.25) is 4.79 Å². The smallest absolute Gasteiger partial charge is 0.254 e. The van der Waals surface area contributed by atoms with E-state index < -0.39 is 9.84 Å². The van der Waals surface area contributed by atoms with Crippen LogP contribution in [0.1, 0.15) is 15.4 Å². The molecule has 1 fully saturated rings. The third-order valence-electron chi connectivity index (χ3n) is 5.03. The van der Waals surface area contributed by atoms with Crippen molar-refractivity contribution in [2.75, 3.05) is 32.4 Å². The zero-order chi connectivity index (χ0) is 19.7. The van der Waals surface area contributed by atoms with Gasteiger partial charge in [-0.2, -0.15) is 0 Å². The molecule has 1 aliphatic heterocycles. The van der Waals surface area contributed by atoms with Crippen molar-refractivity contribution in [1.29, 1.82) is 0 Å². The normalized spacial score (nSPS) is 15.8. The Labute approximate surface area is 168 Å². The molecule has 3 aromatic rings. The topological polar surface area (TPSA) is 71.8 Å². The maximum Gasteiger partial charge on any atom is 0.254 e. The molecule has 0 unspecified atom stereocenters. The van der Waals surface area contributed by atoms with Gasteiger partial charge in [0, 0.05) is 11.8 Å². The van der Waals surface area contributed by atoms with E-state index in [9.17, 15) is 13.2 Å². The number of rotatable bonds is 4. The van der Waals surface area contributed by atoms with E-state index in [0.29, 0.717) is 18.7 Å². The van der Waals surface area contributed by atoms with Crippen LogP contribution >= 0.6 is 11.3 Å². The zero-order valence-corrected chi connectivity index (χ0v) is 17.2. The quantitative estimate of drug-likeness (QED) is 0.695. The van der Waals surface area contributed by atoms with Crippen LogP contribution in [0, 0.1) is 0 Å². The van der Waals surface area contributed by atoms with E-state index in [1.165, 1.54) is 21.7 Å². The molecule has 2 heterocycles. The molecule has 0 spiro atoms. The Morgan fingerprint density at radius 1 is 1.11 bits per heavy atom. The maximum atomic E-state index is 12.7. The zero-order valence-electron chi connectivity index (χ0n) is 15.6. The highest BCUT2D eigenvalue weighted by Gasteiger charge is 2.25. The molecule has 1 saturated heterocycles. The van der Waals surface area contributed by atoms with Gasteiger partial charge in [0.05, 0.1) is 41.3 Å². The number of hydrogen-bond acceptors (Lipinski definition) is 5. The predicted molar refractivity (Wildman–Crippen MR) is 109 cm³/mol. The molecule has 146 valence electrons. The van der Waals surface area contributed by atoms with Gasteiger partial charge in [0.2, 0.25) is 0 Å². The number of piperazine rings is 1. The Balaban J connectivity index is 1.36. The first-order valence-corrected chi connectivity index (χ1v) is 11.9.